The first kappa shape index (κ1) is 6.83. The van der Waals surface area contributed by atoms with Gasteiger partial charge in [-0.25, -0.2) is 9.67 Å². The molecule has 2 rings (SSSR count). The van der Waals surface area contributed by atoms with Gasteiger partial charge >= 0.3 is 0 Å². The third-order valence-electron chi connectivity index (χ3n) is 2.39. The summed E-state index contributed by atoms with van der Waals surface area (Å²) < 4.78 is 2.00. The molecule has 3 heteroatoms. The van der Waals surface area contributed by atoms with Crippen molar-refractivity contribution in [1.29, 1.82) is 0 Å². The lowest BCUT2D eigenvalue weighted by molar-refractivity contribution is 0.329. The molecule has 0 unspecified atom stereocenters. The lowest BCUT2D eigenvalue weighted by atomic mass is 9.96. The molecule has 0 spiro atoms. The van der Waals surface area contributed by atoms with Gasteiger partial charge in [-0.2, -0.15) is 5.10 Å². The Hall–Kier alpha value is -0.860. The van der Waals surface area contributed by atoms with Gasteiger partial charge in [-0.05, 0) is 12.8 Å². The minimum Gasteiger partial charge on any atom is -0.250 e. The zero-order valence-corrected chi connectivity index (χ0v) is 6.61. The molecule has 1 aliphatic carbocycles. The maximum atomic E-state index is 4.15. The van der Waals surface area contributed by atoms with Gasteiger partial charge in [-0.1, -0.05) is 19.3 Å². The molecule has 0 aromatic carbocycles. The van der Waals surface area contributed by atoms with Crippen LogP contribution in [0.5, 0.6) is 0 Å². The summed E-state index contributed by atoms with van der Waals surface area (Å²) in [6.07, 6.45) is 10.1. The fourth-order valence-corrected chi connectivity index (χ4v) is 1.75. The topological polar surface area (TPSA) is 30.7 Å². The van der Waals surface area contributed by atoms with Crippen LogP contribution in [0.25, 0.3) is 0 Å². The predicted octanol–water partition coefficient (Wildman–Crippen LogP) is 1.78. The van der Waals surface area contributed by atoms with Crippen molar-refractivity contribution in [2.45, 2.75) is 38.1 Å². The van der Waals surface area contributed by atoms with E-state index in [1.54, 1.807) is 6.33 Å². The lowest BCUT2D eigenvalue weighted by Gasteiger charge is -2.20. The van der Waals surface area contributed by atoms with E-state index in [1.807, 2.05) is 11.0 Å². The smallest absolute Gasteiger partial charge is 0.137 e. The van der Waals surface area contributed by atoms with E-state index in [2.05, 4.69) is 10.1 Å². The molecule has 1 aliphatic rings. The molecule has 0 aliphatic heterocycles. The fourth-order valence-electron chi connectivity index (χ4n) is 1.75. The number of hydrogen-bond donors (Lipinski definition) is 0. The van der Waals surface area contributed by atoms with E-state index >= 15 is 0 Å². The summed E-state index contributed by atoms with van der Waals surface area (Å²) in [5.74, 6) is 0. The number of nitrogens with zero attached hydrogens (tertiary/aromatic N) is 3. The highest BCUT2D eigenvalue weighted by molar-refractivity contribution is 4.72. The lowest BCUT2D eigenvalue weighted by Crippen LogP contribution is -2.12. The zero-order chi connectivity index (χ0) is 7.52. The predicted molar refractivity (Wildman–Crippen MR) is 42.1 cm³/mol. The van der Waals surface area contributed by atoms with Crippen LogP contribution in [0.3, 0.4) is 0 Å². The number of rotatable bonds is 1. The van der Waals surface area contributed by atoms with Gasteiger partial charge in [0.1, 0.15) is 12.7 Å². The first-order valence-electron chi connectivity index (χ1n) is 4.31. The van der Waals surface area contributed by atoms with Crippen LogP contribution >= 0.6 is 0 Å². The van der Waals surface area contributed by atoms with E-state index in [1.165, 1.54) is 32.1 Å². The molecule has 60 valence electrons. The van der Waals surface area contributed by atoms with Crippen molar-refractivity contribution in [3.8, 4) is 0 Å². The van der Waals surface area contributed by atoms with Crippen LogP contribution in [0.1, 0.15) is 38.1 Å². The van der Waals surface area contributed by atoms with Crippen LogP contribution in [0.15, 0.2) is 12.7 Å². The molecule has 11 heavy (non-hydrogen) atoms. The van der Waals surface area contributed by atoms with Crippen molar-refractivity contribution in [3.63, 3.8) is 0 Å². The SMILES string of the molecule is c1ncn(C2CCCCC2)n1. The molecule has 0 radical (unpaired) electrons. The highest BCUT2D eigenvalue weighted by Gasteiger charge is 2.14. The van der Waals surface area contributed by atoms with Gasteiger partial charge in [0.15, 0.2) is 0 Å². The van der Waals surface area contributed by atoms with Gasteiger partial charge < -0.3 is 0 Å². The van der Waals surface area contributed by atoms with E-state index in [-0.39, 0.29) is 0 Å². The zero-order valence-electron chi connectivity index (χ0n) is 6.61. The Morgan fingerprint density at radius 2 is 2.00 bits per heavy atom. The van der Waals surface area contributed by atoms with Crippen LogP contribution in [-0.4, -0.2) is 14.8 Å². The normalized spacial score (nSPS) is 20.4. The summed E-state index contributed by atoms with van der Waals surface area (Å²) >= 11 is 0. The minimum atomic E-state index is 0.631. The highest BCUT2D eigenvalue weighted by atomic mass is 15.3. The Morgan fingerprint density at radius 3 is 2.64 bits per heavy atom. The standard InChI is InChI=1S/C8H13N3/c1-2-4-8(5-3-1)11-7-9-6-10-11/h6-8H,1-5H2. The maximum absolute atomic E-state index is 4.15. The summed E-state index contributed by atoms with van der Waals surface area (Å²) in [6.45, 7) is 0. The molecule has 0 bridgehead atoms. The highest BCUT2D eigenvalue weighted by Crippen LogP contribution is 2.26. The van der Waals surface area contributed by atoms with Crippen molar-refractivity contribution in [2.24, 2.45) is 0 Å². The van der Waals surface area contributed by atoms with Crippen LogP contribution in [0.4, 0.5) is 0 Å². The second kappa shape index (κ2) is 3.03. The third-order valence-corrected chi connectivity index (χ3v) is 2.39. The molecular formula is C8H13N3. The molecule has 1 heterocycles. The van der Waals surface area contributed by atoms with Gasteiger partial charge in [0.2, 0.25) is 0 Å². The fraction of sp³-hybridized carbons (Fsp3) is 0.750. The van der Waals surface area contributed by atoms with E-state index in [9.17, 15) is 0 Å². The Bertz CT molecular complexity index is 199. The van der Waals surface area contributed by atoms with Gasteiger partial charge in [-0.15, -0.1) is 0 Å². The molecule has 0 amide bonds. The van der Waals surface area contributed by atoms with Gasteiger partial charge in [0, 0.05) is 0 Å². The number of aromatic nitrogens is 3. The molecule has 0 saturated heterocycles. The molecule has 0 N–H and O–H groups in total. The van der Waals surface area contributed by atoms with E-state index in [0.29, 0.717) is 6.04 Å². The minimum absolute atomic E-state index is 0.631. The molecule has 1 aromatic heterocycles. The molecule has 3 nitrogen and oxygen atoms in total. The summed E-state index contributed by atoms with van der Waals surface area (Å²) in [5, 5.41) is 4.15. The Balaban J connectivity index is 2.04. The monoisotopic (exact) mass is 151 g/mol. The molecule has 1 fully saturated rings. The summed E-state index contributed by atoms with van der Waals surface area (Å²) in [5.41, 5.74) is 0. The Labute approximate surface area is 66.4 Å². The van der Waals surface area contributed by atoms with Crippen molar-refractivity contribution in [3.05, 3.63) is 12.7 Å². The van der Waals surface area contributed by atoms with Gasteiger partial charge in [-0.3, -0.25) is 0 Å². The van der Waals surface area contributed by atoms with Crippen LogP contribution < -0.4 is 0 Å². The van der Waals surface area contributed by atoms with Crippen LogP contribution in [0, 0.1) is 0 Å². The quantitative estimate of drug-likeness (QED) is 0.612. The Morgan fingerprint density at radius 1 is 1.18 bits per heavy atom. The summed E-state index contributed by atoms with van der Waals surface area (Å²) in [7, 11) is 0. The van der Waals surface area contributed by atoms with Gasteiger partial charge in [0.25, 0.3) is 0 Å². The third kappa shape index (κ3) is 1.42. The Kier molecular flexibility index (Phi) is 1.88. The van der Waals surface area contributed by atoms with Crippen molar-refractivity contribution >= 4 is 0 Å². The number of hydrogen-bond acceptors (Lipinski definition) is 2. The molecule has 1 saturated carbocycles. The van der Waals surface area contributed by atoms with Crippen molar-refractivity contribution < 1.29 is 0 Å². The van der Waals surface area contributed by atoms with Crippen LogP contribution in [0.2, 0.25) is 0 Å². The second-order valence-corrected chi connectivity index (χ2v) is 3.17. The van der Waals surface area contributed by atoms with E-state index in [0.717, 1.165) is 0 Å². The average Bonchev–Trinajstić information content (AvgIpc) is 2.58. The largest absolute Gasteiger partial charge is 0.250 e. The van der Waals surface area contributed by atoms with Crippen molar-refractivity contribution in [1.82, 2.24) is 14.8 Å². The van der Waals surface area contributed by atoms with E-state index < -0.39 is 0 Å². The summed E-state index contributed by atoms with van der Waals surface area (Å²) in [4.78, 5) is 3.95. The van der Waals surface area contributed by atoms with Crippen molar-refractivity contribution in [2.75, 3.05) is 0 Å². The first-order chi connectivity index (χ1) is 5.47. The molecule has 0 atom stereocenters. The second-order valence-electron chi connectivity index (χ2n) is 3.17. The maximum Gasteiger partial charge on any atom is 0.137 e. The van der Waals surface area contributed by atoms with E-state index in [4.69, 9.17) is 0 Å². The van der Waals surface area contributed by atoms with Crippen LogP contribution in [-0.2, 0) is 0 Å². The van der Waals surface area contributed by atoms with Gasteiger partial charge in [0.05, 0.1) is 6.04 Å². The first-order valence-corrected chi connectivity index (χ1v) is 4.31. The molecular weight excluding hydrogens is 138 g/mol. The average molecular weight is 151 g/mol. The molecule has 1 aromatic rings. The summed E-state index contributed by atoms with van der Waals surface area (Å²) in [6, 6.07) is 0.631.